The van der Waals surface area contributed by atoms with Gasteiger partial charge in [0.1, 0.15) is 11.6 Å². The average Bonchev–Trinajstić information content (AvgIpc) is 2.37. The Morgan fingerprint density at radius 1 is 1.21 bits per heavy atom. The molecule has 2 amide bonds. The maximum absolute atomic E-state index is 12.6. The lowest BCUT2D eigenvalue weighted by Crippen LogP contribution is -2.67. The zero-order valence-electron chi connectivity index (χ0n) is 11.8. The second-order valence-corrected chi connectivity index (χ2v) is 5.59. The summed E-state index contributed by atoms with van der Waals surface area (Å²) in [5.41, 5.74) is -0.166. The van der Waals surface area contributed by atoms with Crippen LogP contribution in [0.2, 0.25) is 0 Å². The minimum Gasteiger partial charge on any atom is -0.336 e. The van der Waals surface area contributed by atoms with Crippen LogP contribution in [-0.4, -0.2) is 29.8 Å². The number of piperazine rings is 1. The number of hydrogen-bond acceptors (Lipinski definition) is 2. The lowest BCUT2D eigenvalue weighted by Gasteiger charge is -2.44. The molecule has 1 aromatic carbocycles. The average molecular weight is 260 g/mol. The normalized spacial score (nSPS) is 27.6. The molecule has 102 valence electrons. The molecule has 1 N–H and O–H groups in total. The molecule has 1 aliphatic rings. The third-order valence-electron chi connectivity index (χ3n) is 3.79. The third kappa shape index (κ3) is 2.11. The summed E-state index contributed by atoms with van der Waals surface area (Å²) in [5.74, 6) is -0.0743. The number of likely N-dealkylation sites (N-methyl/N-ethyl adjacent to an activating group) is 1. The summed E-state index contributed by atoms with van der Waals surface area (Å²) in [6.07, 6.45) is 0. The van der Waals surface area contributed by atoms with E-state index in [1.807, 2.05) is 44.2 Å². The summed E-state index contributed by atoms with van der Waals surface area (Å²) in [6, 6.07) is 8.96. The Hall–Kier alpha value is -1.84. The molecule has 1 saturated heterocycles. The van der Waals surface area contributed by atoms with E-state index in [0.29, 0.717) is 0 Å². The lowest BCUT2D eigenvalue weighted by atomic mass is 9.85. The molecule has 19 heavy (non-hydrogen) atoms. The van der Waals surface area contributed by atoms with E-state index in [0.717, 1.165) is 5.56 Å². The van der Waals surface area contributed by atoms with Crippen LogP contribution in [0.1, 0.15) is 26.3 Å². The molecule has 1 aliphatic heterocycles. The summed E-state index contributed by atoms with van der Waals surface area (Å²) in [7, 11) is 1.70. The number of nitrogens with zero attached hydrogens (tertiary/aromatic N) is 1. The van der Waals surface area contributed by atoms with Crippen LogP contribution in [0.5, 0.6) is 0 Å². The first-order chi connectivity index (χ1) is 8.88. The van der Waals surface area contributed by atoms with Gasteiger partial charge < -0.3 is 10.2 Å². The van der Waals surface area contributed by atoms with Gasteiger partial charge in [0.15, 0.2) is 0 Å². The topological polar surface area (TPSA) is 49.4 Å². The molecule has 1 aromatic rings. The molecule has 1 fully saturated rings. The van der Waals surface area contributed by atoms with E-state index in [-0.39, 0.29) is 17.7 Å². The van der Waals surface area contributed by atoms with Gasteiger partial charge in [-0.3, -0.25) is 9.59 Å². The van der Waals surface area contributed by atoms with Crippen LogP contribution < -0.4 is 5.32 Å². The number of benzene rings is 1. The highest BCUT2D eigenvalue weighted by molar-refractivity contribution is 6.00. The van der Waals surface area contributed by atoms with Gasteiger partial charge in [-0.2, -0.15) is 0 Å². The molecule has 0 radical (unpaired) electrons. The van der Waals surface area contributed by atoms with Crippen molar-refractivity contribution in [2.45, 2.75) is 32.4 Å². The fourth-order valence-corrected chi connectivity index (χ4v) is 2.75. The fourth-order valence-electron chi connectivity index (χ4n) is 2.75. The number of rotatable bonds is 2. The van der Waals surface area contributed by atoms with Crippen LogP contribution in [0.25, 0.3) is 0 Å². The van der Waals surface area contributed by atoms with Gasteiger partial charge in [-0.1, -0.05) is 44.2 Å². The van der Waals surface area contributed by atoms with E-state index in [2.05, 4.69) is 5.32 Å². The van der Waals surface area contributed by atoms with E-state index in [9.17, 15) is 9.59 Å². The highest BCUT2D eigenvalue weighted by atomic mass is 16.2. The second kappa shape index (κ2) is 4.68. The summed E-state index contributed by atoms with van der Waals surface area (Å²) >= 11 is 0. The van der Waals surface area contributed by atoms with Crippen molar-refractivity contribution >= 4 is 11.8 Å². The molecule has 0 bridgehead atoms. The number of carbonyl (C=O) groups is 2. The maximum Gasteiger partial charge on any atom is 0.253 e. The number of carbonyl (C=O) groups excluding carboxylic acids is 2. The van der Waals surface area contributed by atoms with Crippen LogP contribution in [0.3, 0.4) is 0 Å². The Morgan fingerprint density at radius 3 is 2.32 bits per heavy atom. The first-order valence-corrected chi connectivity index (χ1v) is 6.52. The smallest absolute Gasteiger partial charge is 0.253 e. The first kappa shape index (κ1) is 13.6. The van der Waals surface area contributed by atoms with Crippen molar-refractivity contribution in [3.63, 3.8) is 0 Å². The van der Waals surface area contributed by atoms with Gasteiger partial charge >= 0.3 is 0 Å². The molecule has 0 aliphatic carbocycles. The molecular formula is C15H20N2O2. The Bertz CT molecular complexity index is 498. The van der Waals surface area contributed by atoms with Gasteiger partial charge in [-0.15, -0.1) is 0 Å². The predicted molar refractivity (Wildman–Crippen MR) is 73.3 cm³/mol. The Morgan fingerprint density at radius 2 is 1.79 bits per heavy atom. The highest BCUT2D eigenvalue weighted by Crippen LogP contribution is 2.29. The largest absolute Gasteiger partial charge is 0.336 e. The van der Waals surface area contributed by atoms with E-state index in [1.54, 1.807) is 18.9 Å². The van der Waals surface area contributed by atoms with Gasteiger partial charge in [-0.05, 0) is 18.4 Å². The summed E-state index contributed by atoms with van der Waals surface area (Å²) in [4.78, 5) is 26.5. The predicted octanol–water partition coefficient (Wildman–Crippen LogP) is 1.51. The second-order valence-electron chi connectivity index (χ2n) is 5.59. The number of nitrogens with one attached hydrogen (secondary N) is 1. The van der Waals surface area contributed by atoms with E-state index in [1.165, 1.54) is 0 Å². The molecule has 4 nitrogen and oxygen atoms in total. The van der Waals surface area contributed by atoms with Gasteiger partial charge in [-0.25, -0.2) is 0 Å². The van der Waals surface area contributed by atoms with Gasteiger partial charge in [0.2, 0.25) is 5.91 Å². The molecule has 0 saturated carbocycles. The fraction of sp³-hybridized carbons (Fsp3) is 0.467. The van der Waals surface area contributed by atoms with Crippen molar-refractivity contribution in [2.75, 3.05) is 7.05 Å². The zero-order chi connectivity index (χ0) is 14.2. The standard InChI is InChI=1S/C15H20N2O2/c1-10(2)12-13(18)16-15(3,14(19)17(12)4)11-8-6-5-7-9-11/h5-10,12H,1-4H3,(H,16,18). The number of hydrogen-bond donors (Lipinski definition) is 1. The highest BCUT2D eigenvalue weighted by Gasteiger charge is 2.48. The Balaban J connectivity index is 2.41. The number of amides is 2. The van der Waals surface area contributed by atoms with Crippen LogP contribution in [0, 0.1) is 5.92 Å². The van der Waals surface area contributed by atoms with Gasteiger partial charge in [0, 0.05) is 7.05 Å². The van der Waals surface area contributed by atoms with Crippen molar-refractivity contribution in [1.29, 1.82) is 0 Å². The van der Waals surface area contributed by atoms with E-state index in [4.69, 9.17) is 0 Å². The molecule has 1 heterocycles. The van der Waals surface area contributed by atoms with Crippen LogP contribution in [0.4, 0.5) is 0 Å². The minimum atomic E-state index is -0.974. The van der Waals surface area contributed by atoms with Crippen molar-refractivity contribution < 1.29 is 9.59 Å². The maximum atomic E-state index is 12.6. The molecule has 4 heteroatoms. The Kier molecular flexibility index (Phi) is 3.35. The lowest BCUT2D eigenvalue weighted by molar-refractivity contribution is -0.154. The van der Waals surface area contributed by atoms with Crippen LogP contribution >= 0.6 is 0 Å². The van der Waals surface area contributed by atoms with Crippen molar-refractivity contribution in [2.24, 2.45) is 5.92 Å². The zero-order valence-corrected chi connectivity index (χ0v) is 11.8. The molecular weight excluding hydrogens is 240 g/mol. The van der Waals surface area contributed by atoms with Crippen LogP contribution in [0.15, 0.2) is 30.3 Å². The Labute approximate surface area is 113 Å². The summed E-state index contributed by atoms with van der Waals surface area (Å²) in [5, 5.41) is 2.89. The van der Waals surface area contributed by atoms with Crippen molar-refractivity contribution in [1.82, 2.24) is 10.2 Å². The third-order valence-corrected chi connectivity index (χ3v) is 3.79. The molecule has 2 unspecified atom stereocenters. The first-order valence-electron chi connectivity index (χ1n) is 6.52. The molecule has 0 aromatic heterocycles. The van der Waals surface area contributed by atoms with E-state index >= 15 is 0 Å². The SMILES string of the molecule is CC(C)C1C(=O)NC(C)(c2ccccc2)C(=O)N1C. The van der Waals surface area contributed by atoms with Crippen LogP contribution in [-0.2, 0) is 15.1 Å². The molecule has 2 atom stereocenters. The molecule has 2 rings (SSSR count). The molecule has 0 spiro atoms. The van der Waals surface area contributed by atoms with E-state index < -0.39 is 11.6 Å². The van der Waals surface area contributed by atoms with Gasteiger partial charge in [0.05, 0.1) is 0 Å². The minimum absolute atomic E-state index is 0.0722. The monoisotopic (exact) mass is 260 g/mol. The van der Waals surface area contributed by atoms with Crippen molar-refractivity contribution in [3.05, 3.63) is 35.9 Å². The van der Waals surface area contributed by atoms with Gasteiger partial charge in [0.25, 0.3) is 5.91 Å². The quantitative estimate of drug-likeness (QED) is 0.876. The van der Waals surface area contributed by atoms with Crippen molar-refractivity contribution in [3.8, 4) is 0 Å². The summed E-state index contributed by atoms with van der Waals surface area (Å²) in [6.45, 7) is 5.65. The summed E-state index contributed by atoms with van der Waals surface area (Å²) < 4.78 is 0.